The molecule has 0 aliphatic carbocycles. The van der Waals surface area contributed by atoms with Crippen LogP contribution in [0.15, 0.2) is 24.3 Å². The molecule has 0 unspecified atom stereocenters. The van der Waals surface area contributed by atoms with Crippen LogP contribution in [-0.2, 0) is 5.41 Å². The van der Waals surface area contributed by atoms with Crippen molar-refractivity contribution in [2.45, 2.75) is 33.1 Å². The molecule has 18 heavy (non-hydrogen) atoms. The van der Waals surface area contributed by atoms with Gasteiger partial charge in [0.15, 0.2) is 5.13 Å². The Kier molecular flexibility index (Phi) is 3.44. The summed E-state index contributed by atoms with van der Waals surface area (Å²) in [6.07, 6.45) is 0. The minimum absolute atomic E-state index is 0.206. The molecule has 2 rings (SSSR count). The van der Waals surface area contributed by atoms with Crippen LogP contribution in [0.4, 0.5) is 5.13 Å². The van der Waals surface area contributed by atoms with Gasteiger partial charge < -0.3 is 5.32 Å². The van der Waals surface area contributed by atoms with Gasteiger partial charge in [0, 0.05) is 7.05 Å². The molecule has 0 aliphatic rings. The van der Waals surface area contributed by atoms with Gasteiger partial charge in [-0.1, -0.05) is 56.4 Å². The van der Waals surface area contributed by atoms with Crippen LogP contribution in [0, 0.1) is 6.92 Å². The Bertz CT molecular complexity index is 533. The second-order valence-electron chi connectivity index (χ2n) is 5.51. The highest BCUT2D eigenvalue weighted by molar-refractivity contribution is 7.19. The fraction of sp³-hybridized carbons (Fsp3) is 0.400. The summed E-state index contributed by atoms with van der Waals surface area (Å²) in [4.78, 5) is 5.73. The molecule has 3 heteroatoms. The van der Waals surface area contributed by atoms with Gasteiger partial charge in [0.1, 0.15) is 0 Å². The van der Waals surface area contributed by atoms with Crippen LogP contribution in [0.3, 0.4) is 0 Å². The van der Waals surface area contributed by atoms with Gasteiger partial charge >= 0.3 is 0 Å². The highest BCUT2D eigenvalue weighted by atomic mass is 32.1. The number of thiazole rings is 1. The molecule has 0 saturated carbocycles. The van der Waals surface area contributed by atoms with Crippen LogP contribution in [0.25, 0.3) is 10.4 Å². The molecule has 2 aromatic rings. The average molecular weight is 260 g/mol. The second-order valence-corrected chi connectivity index (χ2v) is 6.51. The van der Waals surface area contributed by atoms with E-state index in [2.05, 4.69) is 62.3 Å². The highest BCUT2D eigenvalue weighted by Crippen LogP contribution is 2.33. The molecule has 1 aromatic heterocycles. The maximum absolute atomic E-state index is 4.48. The van der Waals surface area contributed by atoms with Gasteiger partial charge in [-0.15, -0.1) is 0 Å². The SMILES string of the molecule is CNc1nc(C)c(-c2ccc(C(C)(C)C)cc2)s1. The van der Waals surface area contributed by atoms with E-state index in [0.717, 1.165) is 10.8 Å². The van der Waals surface area contributed by atoms with Gasteiger partial charge in [0.2, 0.25) is 0 Å². The first kappa shape index (κ1) is 13.1. The minimum Gasteiger partial charge on any atom is -0.365 e. The third-order valence-electron chi connectivity index (χ3n) is 3.02. The fourth-order valence-corrected chi connectivity index (χ4v) is 2.82. The maximum Gasteiger partial charge on any atom is 0.183 e. The zero-order chi connectivity index (χ0) is 13.3. The smallest absolute Gasteiger partial charge is 0.183 e. The van der Waals surface area contributed by atoms with Crippen molar-refractivity contribution < 1.29 is 0 Å². The largest absolute Gasteiger partial charge is 0.365 e. The summed E-state index contributed by atoms with van der Waals surface area (Å²) in [7, 11) is 1.91. The summed E-state index contributed by atoms with van der Waals surface area (Å²) >= 11 is 1.70. The van der Waals surface area contributed by atoms with E-state index in [1.54, 1.807) is 11.3 Å². The average Bonchev–Trinajstić information content (AvgIpc) is 2.70. The first-order valence-corrected chi connectivity index (χ1v) is 6.99. The zero-order valence-corrected chi connectivity index (χ0v) is 12.5. The number of hydrogen-bond acceptors (Lipinski definition) is 3. The third kappa shape index (κ3) is 2.56. The normalized spacial score (nSPS) is 11.6. The predicted molar refractivity (Wildman–Crippen MR) is 80.5 cm³/mol. The molecule has 0 aliphatic heterocycles. The van der Waals surface area contributed by atoms with E-state index in [-0.39, 0.29) is 5.41 Å². The summed E-state index contributed by atoms with van der Waals surface area (Å²) < 4.78 is 0. The Morgan fingerprint density at radius 1 is 1.11 bits per heavy atom. The van der Waals surface area contributed by atoms with Crippen LogP contribution < -0.4 is 5.32 Å². The van der Waals surface area contributed by atoms with Crippen LogP contribution in [0.2, 0.25) is 0 Å². The van der Waals surface area contributed by atoms with Crippen molar-refractivity contribution in [2.24, 2.45) is 0 Å². The molecule has 2 nitrogen and oxygen atoms in total. The van der Waals surface area contributed by atoms with E-state index in [1.807, 2.05) is 7.05 Å². The zero-order valence-electron chi connectivity index (χ0n) is 11.7. The molecular formula is C15H20N2S. The van der Waals surface area contributed by atoms with Gasteiger partial charge in [-0.2, -0.15) is 0 Å². The highest BCUT2D eigenvalue weighted by Gasteiger charge is 2.14. The molecule has 1 aromatic carbocycles. The minimum atomic E-state index is 0.206. The second kappa shape index (κ2) is 4.73. The van der Waals surface area contributed by atoms with Crippen molar-refractivity contribution in [1.29, 1.82) is 0 Å². The fourth-order valence-electron chi connectivity index (χ4n) is 1.89. The summed E-state index contributed by atoms with van der Waals surface area (Å²) in [5.41, 5.74) is 3.91. The van der Waals surface area contributed by atoms with Crippen molar-refractivity contribution in [2.75, 3.05) is 12.4 Å². The molecule has 0 radical (unpaired) electrons. The van der Waals surface area contributed by atoms with Gasteiger partial charge in [-0.05, 0) is 23.5 Å². The number of nitrogens with zero attached hydrogens (tertiary/aromatic N) is 1. The summed E-state index contributed by atoms with van der Waals surface area (Å²) in [5, 5.41) is 4.08. The molecule has 0 fully saturated rings. The number of hydrogen-bond donors (Lipinski definition) is 1. The van der Waals surface area contributed by atoms with Gasteiger partial charge in [0.25, 0.3) is 0 Å². The monoisotopic (exact) mass is 260 g/mol. The lowest BCUT2D eigenvalue weighted by atomic mass is 9.86. The lowest BCUT2D eigenvalue weighted by Crippen LogP contribution is -2.10. The number of benzene rings is 1. The predicted octanol–water partition coefficient (Wildman–Crippen LogP) is 4.46. The van der Waals surface area contributed by atoms with Gasteiger partial charge in [-0.3, -0.25) is 0 Å². The van der Waals surface area contributed by atoms with E-state index in [1.165, 1.54) is 16.0 Å². The molecule has 0 spiro atoms. The van der Waals surface area contributed by atoms with E-state index in [4.69, 9.17) is 0 Å². The van der Waals surface area contributed by atoms with Crippen molar-refractivity contribution in [1.82, 2.24) is 4.98 Å². The molecule has 0 atom stereocenters. The van der Waals surface area contributed by atoms with Crippen molar-refractivity contribution in [3.05, 3.63) is 35.5 Å². The van der Waals surface area contributed by atoms with E-state index >= 15 is 0 Å². The van der Waals surface area contributed by atoms with E-state index < -0.39 is 0 Å². The van der Waals surface area contributed by atoms with Crippen LogP contribution in [0.5, 0.6) is 0 Å². The molecule has 96 valence electrons. The van der Waals surface area contributed by atoms with Crippen LogP contribution in [-0.4, -0.2) is 12.0 Å². The number of aromatic nitrogens is 1. The number of anilines is 1. The summed E-state index contributed by atoms with van der Waals surface area (Å²) in [6.45, 7) is 8.77. The Hall–Kier alpha value is -1.35. The number of aryl methyl sites for hydroxylation is 1. The lowest BCUT2D eigenvalue weighted by Gasteiger charge is -2.19. The molecular weight excluding hydrogens is 240 g/mol. The summed E-state index contributed by atoms with van der Waals surface area (Å²) in [6, 6.07) is 8.82. The quantitative estimate of drug-likeness (QED) is 0.862. The standard InChI is InChI=1S/C15H20N2S/c1-10-13(18-14(16-5)17-10)11-6-8-12(9-7-11)15(2,3)4/h6-9H,1-5H3,(H,16,17). The Labute approximate surface area is 113 Å². The van der Waals surface area contributed by atoms with E-state index in [0.29, 0.717) is 0 Å². The molecule has 1 N–H and O–H groups in total. The van der Waals surface area contributed by atoms with Crippen LogP contribution in [0.1, 0.15) is 32.0 Å². The maximum atomic E-state index is 4.48. The number of rotatable bonds is 2. The van der Waals surface area contributed by atoms with Crippen molar-refractivity contribution in [3.8, 4) is 10.4 Å². The van der Waals surface area contributed by atoms with E-state index in [9.17, 15) is 0 Å². The van der Waals surface area contributed by atoms with Crippen molar-refractivity contribution in [3.63, 3.8) is 0 Å². The lowest BCUT2D eigenvalue weighted by molar-refractivity contribution is 0.590. The third-order valence-corrected chi connectivity index (χ3v) is 4.25. The van der Waals surface area contributed by atoms with Crippen molar-refractivity contribution >= 4 is 16.5 Å². The Balaban J connectivity index is 2.37. The van der Waals surface area contributed by atoms with Gasteiger partial charge in [-0.25, -0.2) is 4.98 Å². The Morgan fingerprint density at radius 2 is 1.72 bits per heavy atom. The summed E-state index contributed by atoms with van der Waals surface area (Å²) in [5.74, 6) is 0. The number of nitrogens with one attached hydrogen (secondary N) is 1. The van der Waals surface area contributed by atoms with Crippen LogP contribution >= 0.6 is 11.3 Å². The topological polar surface area (TPSA) is 24.9 Å². The Morgan fingerprint density at radius 3 is 2.17 bits per heavy atom. The van der Waals surface area contributed by atoms with Gasteiger partial charge in [0.05, 0.1) is 10.6 Å². The molecule has 0 bridgehead atoms. The molecule has 0 amide bonds. The molecule has 1 heterocycles. The first-order chi connectivity index (χ1) is 8.41. The molecule has 0 saturated heterocycles. The first-order valence-electron chi connectivity index (χ1n) is 6.18.